The first-order valence-corrected chi connectivity index (χ1v) is 5.16. The molecule has 0 unspecified atom stereocenters. The van der Waals surface area contributed by atoms with Gasteiger partial charge in [0, 0.05) is 0 Å². The van der Waals surface area contributed by atoms with Gasteiger partial charge < -0.3 is 0 Å². The molecule has 0 amide bonds. The first-order valence-electron chi connectivity index (χ1n) is 5.16. The van der Waals surface area contributed by atoms with Crippen molar-refractivity contribution < 1.29 is 0 Å². The summed E-state index contributed by atoms with van der Waals surface area (Å²) in [5.41, 5.74) is 5.22. The van der Waals surface area contributed by atoms with Crippen LogP contribution in [-0.2, 0) is 6.42 Å². The summed E-state index contributed by atoms with van der Waals surface area (Å²) < 4.78 is 0. The van der Waals surface area contributed by atoms with E-state index in [0.29, 0.717) is 0 Å². The van der Waals surface area contributed by atoms with E-state index in [9.17, 15) is 0 Å². The maximum absolute atomic E-state index is 4.07. The van der Waals surface area contributed by atoms with Gasteiger partial charge in [0.1, 0.15) is 0 Å². The molecule has 1 aliphatic carbocycles. The maximum Gasteiger partial charge on any atom is -0.00130 e. The van der Waals surface area contributed by atoms with Crippen LogP contribution < -0.4 is 0 Å². The minimum atomic E-state index is 1.03. The number of allylic oxidation sites excluding steroid dienone is 1. The number of fused-ring (bicyclic) bond motifs is 3. The molecule has 0 fully saturated rings. The Labute approximate surface area is 89.6 Å². The lowest BCUT2D eigenvalue weighted by Gasteiger charge is -2.26. The second kappa shape index (κ2) is 2.83. The lowest BCUT2D eigenvalue weighted by atomic mass is 9.77. The molecule has 1 aliphatic rings. The predicted molar refractivity (Wildman–Crippen MR) is 66.8 cm³/mol. The van der Waals surface area contributed by atoms with Gasteiger partial charge in [0.05, 0.1) is 0 Å². The fourth-order valence-corrected chi connectivity index (χ4v) is 2.40. The normalized spacial score (nSPS) is 13.5. The third-order valence-electron chi connectivity index (χ3n) is 3.15. The van der Waals surface area contributed by atoms with Crippen LogP contribution in [0.15, 0.2) is 43.5 Å². The fourth-order valence-electron chi connectivity index (χ4n) is 2.40. The molecule has 0 atom stereocenters. The molecule has 0 aromatic heterocycles. The number of rotatable bonds is 1. The smallest absolute Gasteiger partial charge is 0.00130 e. The first kappa shape index (κ1) is 8.49. The van der Waals surface area contributed by atoms with E-state index in [2.05, 4.69) is 43.5 Å². The van der Waals surface area contributed by atoms with Crippen molar-refractivity contribution in [3.05, 3.63) is 60.2 Å². The SMILES string of the molecule is C=Cc1cc2ccccc2c2c1C(=C)C2. The summed E-state index contributed by atoms with van der Waals surface area (Å²) >= 11 is 0. The lowest BCUT2D eigenvalue weighted by molar-refractivity contribution is 1.19. The highest BCUT2D eigenvalue weighted by molar-refractivity contribution is 5.99. The van der Waals surface area contributed by atoms with Gasteiger partial charge in [-0.25, -0.2) is 0 Å². The van der Waals surface area contributed by atoms with Gasteiger partial charge in [-0.15, -0.1) is 0 Å². The minimum absolute atomic E-state index is 1.03. The molecule has 2 aromatic rings. The molecule has 0 N–H and O–H groups in total. The summed E-state index contributed by atoms with van der Waals surface area (Å²) in [4.78, 5) is 0. The van der Waals surface area contributed by atoms with Gasteiger partial charge in [0.15, 0.2) is 0 Å². The second-order valence-corrected chi connectivity index (χ2v) is 4.02. The van der Waals surface area contributed by atoms with E-state index < -0.39 is 0 Å². The van der Waals surface area contributed by atoms with Crippen LogP contribution in [0.3, 0.4) is 0 Å². The third kappa shape index (κ3) is 1.02. The second-order valence-electron chi connectivity index (χ2n) is 4.02. The zero-order chi connectivity index (χ0) is 10.4. The zero-order valence-electron chi connectivity index (χ0n) is 8.59. The quantitative estimate of drug-likeness (QED) is 0.639. The van der Waals surface area contributed by atoms with E-state index in [4.69, 9.17) is 0 Å². The van der Waals surface area contributed by atoms with Crippen molar-refractivity contribution in [1.82, 2.24) is 0 Å². The summed E-state index contributed by atoms with van der Waals surface area (Å²) in [6.45, 7) is 7.94. The predicted octanol–water partition coefficient (Wildman–Crippen LogP) is 4.05. The number of benzene rings is 2. The maximum atomic E-state index is 4.07. The van der Waals surface area contributed by atoms with E-state index in [1.807, 2.05) is 6.08 Å². The highest BCUT2D eigenvalue weighted by Crippen LogP contribution is 2.41. The van der Waals surface area contributed by atoms with Crippen LogP contribution >= 0.6 is 0 Å². The van der Waals surface area contributed by atoms with Gasteiger partial charge >= 0.3 is 0 Å². The summed E-state index contributed by atoms with van der Waals surface area (Å²) in [7, 11) is 0. The molecule has 0 nitrogen and oxygen atoms in total. The Morgan fingerprint density at radius 3 is 2.73 bits per heavy atom. The Kier molecular flexibility index (Phi) is 1.60. The molecule has 0 aliphatic heterocycles. The minimum Gasteiger partial charge on any atom is -0.0984 e. The van der Waals surface area contributed by atoms with E-state index >= 15 is 0 Å². The van der Waals surface area contributed by atoms with Crippen molar-refractivity contribution in [2.75, 3.05) is 0 Å². The monoisotopic (exact) mass is 192 g/mol. The molecule has 72 valence electrons. The molecule has 0 spiro atoms. The van der Waals surface area contributed by atoms with Crippen molar-refractivity contribution in [2.45, 2.75) is 6.42 Å². The van der Waals surface area contributed by atoms with Crippen molar-refractivity contribution in [3.8, 4) is 0 Å². The molecule has 0 saturated heterocycles. The van der Waals surface area contributed by atoms with E-state index in [1.165, 1.54) is 33.0 Å². The molecule has 0 heterocycles. The Morgan fingerprint density at radius 1 is 1.20 bits per heavy atom. The highest BCUT2D eigenvalue weighted by Gasteiger charge is 2.22. The molecular weight excluding hydrogens is 180 g/mol. The number of hydrogen-bond donors (Lipinski definition) is 0. The van der Waals surface area contributed by atoms with Crippen molar-refractivity contribution in [3.63, 3.8) is 0 Å². The van der Waals surface area contributed by atoms with E-state index in [-0.39, 0.29) is 0 Å². The number of hydrogen-bond acceptors (Lipinski definition) is 0. The Morgan fingerprint density at radius 2 is 2.00 bits per heavy atom. The van der Waals surface area contributed by atoms with Crippen LogP contribution in [0.4, 0.5) is 0 Å². The van der Waals surface area contributed by atoms with Crippen LogP contribution in [0.25, 0.3) is 22.4 Å². The van der Waals surface area contributed by atoms with E-state index in [1.54, 1.807) is 0 Å². The van der Waals surface area contributed by atoms with Gasteiger partial charge in [-0.2, -0.15) is 0 Å². The summed E-state index contributed by atoms with van der Waals surface area (Å²) in [6.07, 6.45) is 2.95. The van der Waals surface area contributed by atoms with Gasteiger partial charge in [-0.05, 0) is 45.5 Å². The lowest BCUT2D eigenvalue weighted by Crippen LogP contribution is -2.09. The first-order chi connectivity index (χ1) is 7.31. The fraction of sp³-hybridized carbons (Fsp3) is 0.0667. The molecule has 0 heteroatoms. The summed E-state index contributed by atoms with van der Waals surface area (Å²) in [5.74, 6) is 0. The van der Waals surface area contributed by atoms with Gasteiger partial charge in [-0.1, -0.05) is 43.5 Å². The van der Waals surface area contributed by atoms with Crippen molar-refractivity contribution >= 4 is 22.4 Å². The Bertz CT molecular complexity index is 588. The van der Waals surface area contributed by atoms with Crippen molar-refractivity contribution in [1.29, 1.82) is 0 Å². The summed E-state index contributed by atoms with van der Waals surface area (Å²) in [5, 5.41) is 2.67. The molecule has 3 rings (SSSR count). The molecule has 0 saturated carbocycles. The van der Waals surface area contributed by atoms with Gasteiger partial charge in [0.2, 0.25) is 0 Å². The van der Waals surface area contributed by atoms with Crippen LogP contribution in [0.2, 0.25) is 0 Å². The van der Waals surface area contributed by atoms with Crippen LogP contribution in [0.1, 0.15) is 16.7 Å². The van der Waals surface area contributed by atoms with Gasteiger partial charge in [0.25, 0.3) is 0 Å². The average molecular weight is 192 g/mol. The summed E-state index contributed by atoms with van der Waals surface area (Å²) in [6, 6.07) is 10.7. The van der Waals surface area contributed by atoms with Crippen LogP contribution in [0.5, 0.6) is 0 Å². The molecule has 0 radical (unpaired) electrons. The van der Waals surface area contributed by atoms with E-state index in [0.717, 1.165) is 6.42 Å². The Hall–Kier alpha value is -1.82. The average Bonchev–Trinajstić information content (AvgIpc) is 2.26. The zero-order valence-corrected chi connectivity index (χ0v) is 8.59. The van der Waals surface area contributed by atoms with Gasteiger partial charge in [-0.3, -0.25) is 0 Å². The largest absolute Gasteiger partial charge is 0.0984 e. The standard InChI is InChI=1S/C15H12/c1-3-11-9-12-6-4-5-7-13(12)14-8-10(2)15(11)14/h3-7,9H,1-2,8H2. The van der Waals surface area contributed by atoms with Crippen molar-refractivity contribution in [2.24, 2.45) is 0 Å². The molecule has 0 bridgehead atoms. The van der Waals surface area contributed by atoms with Crippen LogP contribution in [-0.4, -0.2) is 0 Å². The molecular formula is C15H12. The molecule has 15 heavy (non-hydrogen) atoms. The topological polar surface area (TPSA) is 0 Å². The highest BCUT2D eigenvalue weighted by atomic mass is 14.3. The third-order valence-corrected chi connectivity index (χ3v) is 3.15. The molecule has 2 aromatic carbocycles. The Balaban J connectivity index is 2.48. The van der Waals surface area contributed by atoms with Crippen LogP contribution in [0, 0.1) is 0 Å².